The van der Waals surface area contributed by atoms with Crippen molar-refractivity contribution in [3.63, 3.8) is 0 Å². The average Bonchev–Trinajstić information content (AvgIpc) is 2.72. The summed E-state index contributed by atoms with van der Waals surface area (Å²) >= 11 is 0. The number of carbonyl (C=O) groups excluding carboxylic acids is 1. The summed E-state index contributed by atoms with van der Waals surface area (Å²) in [5, 5.41) is 0. The Labute approximate surface area is 126 Å². The van der Waals surface area contributed by atoms with E-state index in [-0.39, 0.29) is 5.41 Å². The number of aryl methyl sites for hydroxylation is 2. The first-order chi connectivity index (χ1) is 10.1. The minimum absolute atomic E-state index is 0.0800. The van der Waals surface area contributed by atoms with Crippen molar-refractivity contribution in [2.75, 3.05) is 0 Å². The lowest BCUT2D eigenvalue weighted by atomic mass is 9.67. The van der Waals surface area contributed by atoms with Gasteiger partial charge in [-0.1, -0.05) is 47.5 Å². The fraction of sp³-hybridized carbons (Fsp3) is 0.350. The molecule has 0 aromatic heterocycles. The van der Waals surface area contributed by atoms with Crippen LogP contribution in [0.15, 0.2) is 36.4 Å². The molecule has 0 aliphatic heterocycles. The van der Waals surface area contributed by atoms with Crippen molar-refractivity contribution in [2.24, 2.45) is 0 Å². The number of ketones is 1. The molecule has 1 spiro atoms. The summed E-state index contributed by atoms with van der Waals surface area (Å²) in [5.41, 5.74) is 8.38. The van der Waals surface area contributed by atoms with Crippen LogP contribution in [0.2, 0.25) is 0 Å². The topological polar surface area (TPSA) is 17.1 Å². The van der Waals surface area contributed by atoms with Crippen molar-refractivity contribution in [1.29, 1.82) is 0 Å². The zero-order chi connectivity index (χ0) is 14.6. The molecule has 2 aliphatic carbocycles. The van der Waals surface area contributed by atoms with Crippen LogP contribution in [0.3, 0.4) is 0 Å². The van der Waals surface area contributed by atoms with Crippen LogP contribution in [0, 0.1) is 13.8 Å². The molecule has 21 heavy (non-hydrogen) atoms. The number of hydrogen-bond donors (Lipinski definition) is 0. The molecule has 0 atom stereocenters. The van der Waals surface area contributed by atoms with Gasteiger partial charge in [-0.25, -0.2) is 0 Å². The summed E-state index contributed by atoms with van der Waals surface area (Å²) in [6.07, 6.45) is 3.39. The molecule has 1 nitrogen and oxygen atoms in total. The Morgan fingerprint density at radius 1 is 0.810 bits per heavy atom. The molecule has 0 saturated heterocycles. The standard InChI is InChI=1S/C20H20O/c1-13-3-5-16-17-6-4-14(2)12-19(17)20(18(16)11-13)9-7-15(21)8-10-20/h3-6,11-12H,7-10H2,1-2H3. The van der Waals surface area contributed by atoms with Crippen LogP contribution in [0.5, 0.6) is 0 Å². The highest BCUT2D eigenvalue weighted by Crippen LogP contribution is 2.55. The van der Waals surface area contributed by atoms with Crippen molar-refractivity contribution in [2.45, 2.75) is 44.9 Å². The number of benzene rings is 2. The van der Waals surface area contributed by atoms with Gasteiger partial charge in [0.15, 0.2) is 0 Å². The van der Waals surface area contributed by atoms with E-state index in [2.05, 4.69) is 50.2 Å². The Morgan fingerprint density at radius 3 is 1.76 bits per heavy atom. The van der Waals surface area contributed by atoms with Crippen molar-refractivity contribution in [3.8, 4) is 11.1 Å². The first kappa shape index (κ1) is 12.8. The maximum atomic E-state index is 11.8. The van der Waals surface area contributed by atoms with Crippen LogP contribution in [-0.4, -0.2) is 5.78 Å². The molecule has 2 aromatic rings. The Balaban J connectivity index is 2.00. The summed E-state index contributed by atoms with van der Waals surface area (Å²) in [5.74, 6) is 0.427. The number of Topliss-reactive ketones (excluding diaryl/α,β-unsaturated/α-hetero) is 1. The van der Waals surface area contributed by atoms with Crippen molar-refractivity contribution < 1.29 is 4.79 Å². The van der Waals surface area contributed by atoms with Crippen molar-refractivity contribution >= 4 is 5.78 Å². The first-order valence-electron chi connectivity index (χ1n) is 7.84. The maximum Gasteiger partial charge on any atom is 0.133 e. The Bertz CT molecular complexity index is 691. The predicted octanol–water partition coefficient (Wildman–Crippen LogP) is 4.71. The van der Waals surface area contributed by atoms with Crippen LogP contribution in [0.1, 0.15) is 47.9 Å². The third-order valence-corrected chi connectivity index (χ3v) is 5.33. The number of fused-ring (bicyclic) bond motifs is 5. The van der Waals surface area contributed by atoms with Crippen LogP contribution in [0.25, 0.3) is 11.1 Å². The van der Waals surface area contributed by atoms with Gasteiger partial charge >= 0.3 is 0 Å². The fourth-order valence-electron chi connectivity index (χ4n) is 4.22. The quantitative estimate of drug-likeness (QED) is 0.681. The Kier molecular flexibility index (Phi) is 2.63. The van der Waals surface area contributed by atoms with E-state index in [1.807, 2.05) is 0 Å². The minimum Gasteiger partial charge on any atom is -0.300 e. The van der Waals surface area contributed by atoms with Gasteiger partial charge in [-0.15, -0.1) is 0 Å². The van der Waals surface area contributed by atoms with E-state index in [9.17, 15) is 4.79 Å². The van der Waals surface area contributed by atoms with Crippen molar-refractivity contribution in [3.05, 3.63) is 58.7 Å². The molecule has 0 heterocycles. The maximum absolute atomic E-state index is 11.8. The van der Waals surface area contributed by atoms with E-state index in [0.29, 0.717) is 5.78 Å². The Morgan fingerprint density at radius 2 is 1.29 bits per heavy atom. The van der Waals surface area contributed by atoms with Gasteiger partial charge in [0.25, 0.3) is 0 Å². The first-order valence-corrected chi connectivity index (χ1v) is 7.84. The van der Waals surface area contributed by atoms with Gasteiger partial charge in [-0.05, 0) is 48.9 Å². The van der Waals surface area contributed by atoms with Gasteiger partial charge in [0.2, 0.25) is 0 Å². The second-order valence-corrected chi connectivity index (χ2v) is 6.72. The zero-order valence-electron chi connectivity index (χ0n) is 12.7. The second-order valence-electron chi connectivity index (χ2n) is 6.72. The van der Waals surface area contributed by atoms with Crippen LogP contribution >= 0.6 is 0 Å². The molecule has 1 saturated carbocycles. The smallest absolute Gasteiger partial charge is 0.133 e. The molecule has 0 bridgehead atoms. The van der Waals surface area contributed by atoms with E-state index in [4.69, 9.17) is 0 Å². The van der Waals surface area contributed by atoms with Crippen molar-refractivity contribution in [1.82, 2.24) is 0 Å². The molecule has 0 N–H and O–H groups in total. The van der Waals surface area contributed by atoms with Gasteiger partial charge < -0.3 is 0 Å². The third-order valence-electron chi connectivity index (χ3n) is 5.33. The molecule has 2 aromatic carbocycles. The van der Waals surface area contributed by atoms with E-state index in [1.165, 1.54) is 33.4 Å². The summed E-state index contributed by atoms with van der Waals surface area (Å²) in [6.45, 7) is 4.33. The predicted molar refractivity (Wildman–Crippen MR) is 85.6 cm³/mol. The van der Waals surface area contributed by atoms with Crippen LogP contribution in [-0.2, 0) is 10.2 Å². The lowest BCUT2D eigenvalue weighted by Gasteiger charge is -2.35. The molecular weight excluding hydrogens is 256 g/mol. The summed E-state index contributed by atoms with van der Waals surface area (Å²) < 4.78 is 0. The summed E-state index contributed by atoms with van der Waals surface area (Å²) in [4.78, 5) is 11.8. The molecule has 1 fully saturated rings. The summed E-state index contributed by atoms with van der Waals surface area (Å²) in [7, 11) is 0. The number of carbonyl (C=O) groups is 1. The largest absolute Gasteiger partial charge is 0.300 e. The lowest BCUT2D eigenvalue weighted by molar-refractivity contribution is -0.121. The molecule has 0 radical (unpaired) electrons. The van der Waals surface area contributed by atoms with E-state index in [0.717, 1.165) is 25.7 Å². The molecule has 2 aliphatic rings. The monoisotopic (exact) mass is 276 g/mol. The summed E-state index contributed by atoms with van der Waals surface area (Å²) in [6, 6.07) is 13.6. The number of rotatable bonds is 0. The van der Waals surface area contributed by atoms with Gasteiger partial charge in [-0.2, -0.15) is 0 Å². The molecule has 1 heteroatoms. The lowest BCUT2D eigenvalue weighted by Crippen LogP contribution is -2.31. The highest BCUT2D eigenvalue weighted by molar-refractivity contribution is 5.85. The van der Waals surface area contributed by atoms with Gasteiger partial charge in [0.05, 0.1) is 0 Å². The normalized spacial score (nSPS) is 18.7. The van der Waals surface area contributed by atoms with Crippen LogP contribution < -0.4 is 0 Å². The highest BCUT2D eigenvalue weighted by Gasteiger charge is 2.45. The van der Waals surface area contributed by atoms with Gasteiger partial charge in [-0.3, -0.25) is 4.79 Å². The van der Waals surface area contributed by atoms with E-state index in [1.54, 1.807) is 0 Å². The Hall–Kier alpha value is -1.89. The number of hydrogen-bond acceptors (Lipinski definition) is 1. The van der Waals surface area contributed by atoms with Crippen LogP contribution in [0.4, 0.5) is 0 Å². The highest BCUT2D eigenvalue weighted by atomic mass is 16.1. The molecular formula is C20H20O. The molecule has 0 unspecified atom stereocenters. The minimum atomic E-state index is 0.0800. The second kappa shape index (κ2) is 4.30. The van der Waals surface area contributed by atoms with E-state index >= 15 is 0 Å². The van der Waals surface area contributed by atoms with Gasteiger partial charge in [0, 0.05) is 18.3 Å². The van der Waals surface area contributed by atoms with Gasteiger partial charge in [0.1, 0.15) is 5.78 Å². The fourth-order valence-corrected chi connectivity index (χ4v) is 4.22. The molecule has 4 rings (SSSR count). The average molecular weight is 276 g/mol. The SMILES string of the molecule is Cc1ccc2c(c1)C1(CCC(=O)CC1)c1cc(C)ccc1-2. The van der Waals surface area contributed by atoms with E-state index < -0.39 is 0 Å². The zero-order valence-corrected chi connectivity index (χ0v) is 12.7. The molecule has 0 amide bonds. The molecule has 106 valence electrons. The third kappa shape index (κ3) is 1.73.